The van der Waals surface area contributed by atoms with Gasteiger partial charge in [0.05, 0.1) is 0 Å². The molecule has 1 fully saturated rings. The van der Waals surface area contributed by atoms with Crippen LogP contribution in [0.5, 0.6) is 0 Å². The van der Waals surface area contributed by atoms with Crippen molar-refractivity contribution >= 4 is 41.5 Å². The topological polar surface area (TPSA) is 41.1 Å². The van der Waals surface area contributed by atoms with Crippen molar-refractivity contribution in [2.45, 2.75) is 12.8 Å². The first-order valence-corrected chi connectivity index (χ1v) is 6.86. The van der Waals surface area contributed by atoms with Crippen LogP contribution in [0.4, 0.5) is 0 Å². The third kappa shape index (κ3) is 5.19. The summed E-state index contributed by atoms with van der Waals surface area (Å²) in [5, 5.41) is 7.16. The van der Waals surface area contributed by atoms with E-state index in [4.69, 9.17) is 23.2 Å². The van der Waals surface area contributed by atoms with Crippen molar-refractivity contribution in [2.75, 3.05) is 19.6 Å². The summed E-state index contributed by atoms with van der Waals surface area (Å²) in [6.07, 6.45) is 2.20. The molecule has 2 N–H and O–H groups in total. The number of rotatable bonds is 4. The van der Waals surface area contributed by atoms with Crippen molar-refractivity contribution < 1.29 is 4.79 Å². The molecule has 1 heterocycles. The molecule has 0 spiro atoms. The Morgan fingerprint density at radius 3 is 2.58 bits per heavy atom. The maximum Gasteiger partial charge on any atom is 0.251 e. The number of hydrogen-bond acceptors (Lipinski definition) is 2. The van der Waals surface area contributed by atoms with Gasteiger partial charge in [0.2, 0.25) is 0 Å². The standard InChI is InChI=1S/C13H16Cl2N2O.ClH/c14-11-5-10(6-12(15)7-11)13(18)17-4-2-9-1-3-16-8-9;/h5-7,9,16H,1-4,8H2,(H,17,18);1H. The summed E-state index contributed by atoms with van der Waals surface area (Å²) in [7, 11) is 0. The van der Waals surface area contributed by atoms with Gasteiger partial charge in [0.15, 0.2) is 0 Å². The molecule has 1 aromatic carbocycles. The van der Waals surface area contributed by atoms with Crippen LogP contribution in [0, 0.1) is 5.92 Å². The maximum absolute atomic E-state index is 11.9. The Kier molecular flexibility index (Phi) is 6.94. The second kappa shape index (κ2) is 7.95. The minimum atomic E-state index is -0.120. The molecular weight excluding hydrogens is 307 g/mol. The van der Waals surface area contributed by atoms with Gasteiger partial charge in [0.1, 0.15) is 0 Å². The van der Waals surface area contributed by atoms with Gasteiger partial charge in [-0.2, -0.15) is 0 Å². The predicted molar refractivity (Wildman–Crippen MR) is 81.6 cm³/mol. The lowest BCUT2D eigenvalue weighted by molar-refractivity contribution is 0.0951. The molecule has 0 aliphatic carbocycles. The summed E-state index contributed by atoms with van der Waals surface area (Å²) in [5.74, 6) is 0.554. The Morgan fingerprint density at radius 2 is 2.00 bits per heavy atom. The fraction of sp³-hybridized carbons (Fsp3) is 0.462. The number of carbonyl (C=O) groups excluding carboxylic acids is 1. The summed E-state index contributed by atoms with van der Waals surface area (Å²) in [6, 6.07) is 4.86. The van der Waals surface area contributed by atoms with E-state index >= 15 is 0 Å². The fourth-order valence-corrected chi connectivity index (χ4v) is 2.66. The molecule has 0 saturated carbocycles. The van der Waals surface area contributed by atoms with Gasteiger partial charge in [-0.3, -0.25) is 4.79 Å². The van der Waals surface area contributed by atoms with Crippen LogP contribution in [0.2, 0.25) is 10.0 Å². The highest BCUT2D eigenvalue weighted by Gasteiger charge is 2.14. The summed E-state index contributed by atoms with van der Waals surface area (Å²) in [6.45, 7) is 2.83. The maximum atomic E-state index is 11.9. The lowest BCUT2D eigenvalue weighted by Gasteiger charge is -2.09. The zero-order valence-corrected chi connectivity index (χ0v) is 12.7. The minimum Gasteiger partial charge on any atom is -0.352 e. The van der Waals surface area contributed by atoms with Crippen molar-refractivity contribution in [3.05, 3.63) is 33.8 Å². The number of nitrogens with one attached hydrogen (secondary N) is 2. The molecule has 2 rings (SSSR count). The quantitative estimate of drug-likeness (QED) is 0.894. The van der Waals surface area contributed by atoms with Gasteiger partial charge in [-0.15, -0.1) is 12.4 Å². The molecule has 0 aromatic heterocycles. The Labute approximate surface area is 129 Å². The summed E-state index contributed by atoms with van der Waals surface area (Å²) in [4.78, 5) is 11.9. The van der Waals surface area contributed by atoms with E-state index < -0.39 is 0 Å². The zero-order chi connectivity index (χ0) is 13.0. The molecule has 1 amide bonds. The van der Waals surface area contributed by atoms with Gasteiger partial charge >= 0.3 is 0 Å². The van der Waals surface area contributed by atoms with E-state index in [1.807, 2.05) is 0 Å². The molecule has 3 nitrogen and oxygen atoms in total. The van der Waals surface area contributed by atoms with Crippen molar-refractivity contribution in [2.24, 2.45) is 5.92 Å². The molecule has 6 heteroatoms. The van der Waals surface area contributed by atoms with Crippen LogP contribution < -0.4 is 10.6 Å². The average molecular weight is 324 g/mol. The average Bonchev–Trinajstić information content (AvgIpc) is 2.80. The van der Waals surface area contributed by atoms with E-state index in [9.17, 15) is 4.79 Å². The lowest BCUT2D eigenvalue weighted by atomic mass is 10.1. The molecule has 19 heavy (non-hydrogen) atoms. The van der Waals surface area contributed by atoms with Gasteiger partial charge in [-0.1, -0.05) is 23.2 Å². The van der Waals surface area contributed by atoms with E-state index in [1.165, 1.54) is 6.42 Å². The SMILES string of the molecule is Cl.O=C(NCCC1CCNC1)c1cc(Cl)cc(Cl)c1. The normalized spacial score (nSPS) is 17.9. The molecular formula is C13H17Cl3N2O. The van der Waals surface area contributed by atoms with Gasteiger partial charge < -0.3 is 10.6 Å². The summed E-state index contributed by atoms with van der Waals surface area (Å²) >= 11 is 11.7. The van der Waals surface area contributed by atoms with Crippen LogP contribution in [-0.2, 0) is 0 Å². The second-order valence-corrected chi connectivity index (χ2v) is 5.43. The number of carbonyl (C=O) groups is 1. The molecule has 106 valence electrons. The Bertz CT molecular complexity index is 414. The Balaban J connectivity index is 0.00000180. The molecule has 0 bridgehead atoms. The van der Waals surface area contributed by atoms with Crippen LogP contribution >= 0.6 is 35.6 Å². The number of benzene rings is 1. The second-order valence-electron chi connectivity index (χ2n) is 4.56. The molecule has 1 atom stereocenters. The highest BCUT2D eigenvalue weighted by Crippen LogP contribution is 2.19. The third-order valence-electron chi connectivity index (χ3n) is 3.13. The highest BCUT2D eigenvalue weighted by atomic mass is 35.5. The van der Waals surface area contributed by atoms with Crippen LogP contribution in [0.3, 0.4) is 0 Å². The zero-order valence-electron chi connectivity index (χ0n) is 10.4. The number of halogens is 3. The van der Waals surface area contributed by atoms with E-state index in [-0.39, 0.29) is 18.3 Å². The highest BCUT2D eigenvalue weighted by molar-refractivity contribution is 6.35. The van der Waals surface area contributed by atoms with Crippen molar-refractivity contribution in [3.8, 4) is 0 Å². The number of hydrogen-bond donors (Lipinski definition) is 2. The predicted octanol–water partition coefficient (Wildman–Crippen LogP) is 3.14. The Morgan fingerprint density at radius 1 is 1.32 bits per heavy atom. The molecule has 0 radical (unpaired) electrons. The summed E-state index contributed by atoms with van der Waals surface area (Å²) < 4.78 is 0. The third-order valence-corrected chi connectivity index (χ3v) is 3.56. The fourth-order valence-electron chi connectivity index (χ4n) is 2.14. The van der Waals surface area contributed by atoms with E-state index in [0.717, 1.165) is 19.5 Å². The molecule has 1 unspecified atom stereocenters. The molecule has 1 aliphatic rings. The van der Waals surface area contributed by atoms with Gasteiger partial charge in [-0.25, -0.2) is 0 Å². The van der Waals surface area contributed by atoms with E-state index in [0.29, 0.717) is 28.1 Å². The first kappa shape index (κ1) is 16.6. The van der Waals surface area contributed by atoms with Gasteiger partial charge in [0, 0.05) is 22.2 Å². The first-order valence-electron chi connectivity index (χ1n) is 6.10. The van der Waals surface area contributed by atoms with Crippen LogP contribution in [0.15, 0.2) is 18.2 Å². The minimum absolute atomic E-state index is 0. The largest absolute Gasteiger partial charge is 0.352 e. The van der Waals surface area contributed by atoms with Crippen molar-refractivity contribution in [3.63, 3.8) is 0 Å². The van der Waals surface area contributed by atoms with E-state index in [1.54, 1.807) is 18.2 Å². The monoisotopic (exact) mass is 322 g/mol. The van der Waals surface area contributed by atoms with Crippen LogP contribution in [-0.4, -0.2) is 25.5 Å². The molecule has 1 saturated heterocycles. The van der Waals surface area contributed by atoms with Gasteiger partial charge in [-0.05, 0) is 50.0 Å². The molecule has 1 aliphatic heterocycles. The van der Waals surface area contributed by atoms with Crippen LogP contribution in [0.25, 0.3) is 0 Å². The van der Waals surface area contributed by atoms with Crippen molar-refractivity contribution in [1.29, 1.82) is 0 Å². The smallest absolute Gasteiger partial charge is 0.251 e. The lowest BCUT2D eigenvalue weighted by Crippen LogP contribution is -2.26. The Hall–Kier alpha value is -0.480. The van der Waals surface area contributed by atoms with Crippen molar-refractivity contribution in [1.82, 2.24) is 10.6 Å². The van der Waals surface area contributed by atoms with Crippen LogP contribution in [0.1, 0.15) is 23.2 Å². The summed E-state index contributed by atoms with van der Waals surface area (Å²) in [5.41, 5.74) is 0.511. The van der Waals surface area contributed by atoms with Gasteiger partial charge in [0.25, 0.3) is 5.91 Å². The van der Waals surface area contributed by atoms with E-state index in [2.05, 4.69) is 10.6 Å². The number of amides is 1. The molecule has 1 aromatic rings. The first-order chi connectivity index (χ1) is 8.65.